The van der Waals surface area contributed by atoms with E-state index in [1.54, 1.807) is 0 Å². The van der Waals surface area contributed by atoms with Crippen molar-refractivity contribution in [1.82, 2.24) is 4.57 Å². The molecule has 5 rings (SSSR count). The summed E-state index contributed by atoms with van der Waals surface area (Å²) >= 11 is 1.51. The highest BCUT2D eigenvalue weighted by molar-refractivity contribution is 7.16. The van der Waals surface area contributed by atoms with E-state index in [0.29, 0.717) is 4.80 Å². The predicted molar refractivity (Wildman–Crippen MR) is 122 cm³/mol. The molecule has 0 unspecified atom stereocenters. The number of benzene rings is 3. The van der Waals surface area contributed by atoms with Gasteiger partial charge in [0.15, 0.2) is 16.3 Å². The van der Waals surface area contributed by atoms with E-state index in [2.05, 4.69) is 16.5 Å². The molecule has 0 saturated carbocycles. The molecule has 0 saturated heterocycles. The molecule has 0 radical (unpaired) electrons. The molecular weight excluding hydrogens is 408 g/mol. The molecule has 5 nitrogen and oxygen atoms in total. The summed E-state index contributed by atoms with van der Waals surface area (Å²) in [5, 5.41) is 0. The van der Waals surface area contributed by atoms with E-state index in [4.69, 9.17) is 9.47 Å². The Kier molecular flexibility index (Phi) is 5.30. The van der Waals surface area contributed by atoms with Gasteiger partial charge in [-0.05, 0) is 17.5 Å². The minimum Gasteiger partial charge on any atom is -0.454 e. The van der Waals surface area contributed by atoms with Gasteiger partial charge in [0.25, 0.3) is 5.91 Å². The summed E-state index contributed by atoms with van der Waals surface area (Å²) in [5.74, 6) is 0.856. The first kappa shape index (κ1) is 19.6. The first-order valence-electron chi connectivity index (χ1n) is 10.4. The van der Waals surface area contributed by atoms with Gasteiger partial charge in [-0.25, -0.2) is 0 Å². The lowest BCUT2D eigenvalue weighted by atomic mass is 9.91. The van der Waals surface area contributed by atoms with Crippen molar-refractivity contribution in [2.45, 2.75) is 25.8 Å². The number of hydrogen-bond acceptors (Lipinski definition) is 4. The van der Waals surface area contributed by atoms with Crippen LogP contribution in [0, 0.1) is 0 Å². The summed E-state index contributed by atoms with van der Waals surface area (Å²) in [6.07, 6.45) is 0.933. The summed E-state index contributed by atoms with van der Waals surface area (Å²) in [7, 11) is 0. The van der Waals surface area contributed by atoms with Crippen LogP contribution in [-0.2, 0) is 11.3 Å². The molecular formula is C25H22N2O3S. The maximum atomic E-state index is 13.5. The Balaban J connectivity index is 1.64. The zero-order chi connectivity index (χ0) is 21.2. The molecule has 0 atom stereocenters. The van der Waals surface area contributed by atoms with Gasteiger partial charge in [0, 0.05) is 18.7 Å². The van der Waals surface area contributed by atoms with Crippen molar-refractivity contribution in [3.8, 4) is 11.5 Å². The van der Waals surface area contributed by atoms with Gasteiger partial charge < -0.3 is 14.0 Å². The standard InChI is InChI=1S/C25H22N2O3S/c1-2-13-27-19-14-20-21(30-16-29-20)15-22(19)31-25(27)26-24(28)23(17-9-5-3-6-10-17)18-11-7-4-8-12-18/h3-12,14-15,23H,2,13,16H2,1H3. The molecule has 0 N–H and O–H groups in total. The van der Waals surface area contributed by atoms with Gasteiger partial charge in [-0.2, -0.15) is 4.99 Å². The molecule has 1 amide bonds. The summed E-state index contributed by atoms with van der Waals surface area (Å²) in [4.78, 5) is 18.9. The lowest BCUT2D eigenvalue weighted by Gasteiger charge is -2.14. The number of aryl methyl sites for hydroxylation is 1. The van der Waals surface area contributed by atoms with E-state index in [0.717, 1.165) is 45.8 Å². The third-order valence-corrected chi connectivity index (χ3v) is 6.38. The lowest BCUT2D eigenvalue weighted by molar-refractivity contribution is -0.118. The molecule has 156 valence electrons. The van der Waals surface area contributed by atoms with Gasteiger partial charge in [-0.15, -0.1) is 0 Å². The van der Waals surface area contributed by atoms with Crippen LogP contribution in [0.2, 0.25) is 0 Å². The molecule has 1 aromatic heterocycles. The first-order chi connectivity index (χ1) is 15.2. The number of aromatic nitrogens is 1. The number of nitrogens with zero attached hydrogens (tertiary/aromatic N) is 2. The van der Waals surface area contributed by atoms with Gasteiger partial charge in [-0.1, -0.05) is 78.9 Å². The van der Waals surface area contributed by atoms with E-state index in [1.807, 2.05) is 72.8 Å². The van der Waals surface area contributed by atoms with Crippen LogP contribution in [0.4, 0.5) is 0 Å². The molecule has 1 aliphatic heterocycles. The van der Waals surface area contributed by atoms with Gasteiger partial charge in [-0.3, -0.25) is 4.79 Å². The van der Waals surface area contributed by atoms with Gasteiger partial charge in [0.1, 0.15) is 0 Å². The fourth-order valence-corrected chi connectivity index (χ4v) is 4.98. The van der Waals surface area contributed by atoms with Crippen LogP contribution >= 0.6 is 11.3 Å². The van der Waals surface area contributed by atoms with Crippen LogP contribution in [0.15, 0.2) is 77.8 Å². The maximum absolute atomic E-state index is 13.5. The highest BCUT2D eigenvalue weighted by Gasteiger charge is 2.23. The van der Waals surface area contributed by atoms with E-state index in [-0.39, 0.29) is 12.7 Å². The van der Waals surface area contributed by atoms with Crippen molar-refractivity contribution >= 4 is 27.5 Å². The second kappa shape index (κ2) is 8.40. The molecule has 3 aromatic carbocycles. The second-order valence-electron chi connectivity index (χ2n) is 7.41. The molecule has 0 bridgehead atoms. The highest BCUT2D eigenvalue weighted by Crippen LogP contribution is 2.37. The highest BCUT2D eigenvalue weighted by atomic mass is 32.1. The fraction of sp³-hybridized carbons (Fsp3) is 0.200. The Morgan fingerprint density at radius 3 is 2.23 bits per heavy atom. The van der Waals surface area contributed by atoms with Crippen LogP contribution in [-0.4, -0.2) is 17.3 Å². The van der Waals surface area contributed by atoms with Crippen molar-refractivity contribution in [3.05, 3.63) is 88.7 Å². The van der Waals surface area contributed by atoms with Crippen molar-refractivity contribution in [1.29, 1.82) is 0 Å². The third-order valence-electron chi connectivity index (χ3n) is 5.34. The fourth-order valence-electron chi connectivity index (χ4n) is 3.91. The Labute approximate surface area is 184 Å². The Bertz CT molecular complexity index is 1250. The zero-order valence-electron chi connectivity index (χ0n) is 17.2. The number of carbonyl (C=O) groups is 1. The largest absolute Gasteiger partial charge is 0.454 e. The summed E-state index contributed by atoms with van der Waals surface area (Å²) in [5.41, 5.74) is 2.89. The van der Waals surface area contributed by atoms with Crippen molar-refractivity contribution in [2.24, 2.45) is 4.99 Å². The first-order valence-corrected chi connectivity index (χ1v) is 11.2. The average Bonchev–Trinajstić information content (AvgIpc) is 3.38. The number of ether oxygens (including phenoxy) is 2. The minimum atomic E-state index is -0.445. The summed E-state index contributed by atoms with van der Waals surface area (Å²) < 4.78 is 14.2. The molecule has 4 aromatic rings. The van der Waals surface area contributed by atoms with Gasteiger partial charge in [0.05, 0.1) is 16.1 Å². The minimum absolute atomic E-state index is 0.172. The number of thiazole rings is 1. The molecule has 6 heteroatoms. The number of hydrogen-bond donors (Lipinski definition) is 0. The number of rotatable bonds is 5. The number of amides is 1. The Morgan fingerprint density at radius 2 is 1.61 bits per heavy atom. The topological polar surface area (TPSA) is 52.8 Å². The van der Waals surface area contributed by atoms with Crippen LogP contribution in [0.1, 0.15) is 30.4 Å². The molecule has 1 aliphatic rings. The van der Waals surface area contributed by atoms with Gasteiger partial charge >= 0.3 is 0 Å². The summed E-state index contributed by atoms with van der Waals surface area (Å²) in [6, 6.07) is 23.6. The predicted octanol–water partition coefficient (Wildman–Crippen LogP) is 5.10. The number of carbonyl (C=O) groups excluding carboxylic acids is 1. The SMILES string of the molecule is CCCn1c(=NC(=O)C(c2ccccc2)c2ccccc2)sc2cc3c(cc21)OCO3. The molecule has 0 fully saturated rings. The van der Waals surface area contributed by atoms with Crippen LogP contribution in [0.3, 0.4) is 0 Å². The van der Waals surface area contributed by atoms with Crippen LogP contribution in [0.25, 0.3) is 10.2 Å². The van der Waals surface area contributed by atoms with Crippen molar-refractivity contribution in [3.63, 3.8) is 0 Å². The summed E-state index contributed by atoms with van der Waals surface area (Å²) in [6.45, 7) is 3.13. The van der Waals surface area contributed by atoms with Crippen LogP contribution in [0.5, 0.6) is 11.5 Å². The average molecular weight is 431 g/mol. The molecule has 2 heterocycles. The lowest BCUT2D eigenvalue weighted by Crippen LogP contribution is -2.20. The third kappa shape index (κ3) is 3.75. The molecule has 31 heavy (non-hydrogen) atoms. The van der Waals surface area contributed by atoms with Crippen LogP contribution < -0.4 is 14.3 Å². The van der Waals surface area contributed by atoms with E-state index < -0.39 is 5.92 Å². The van der Waals surface area contributed by atoms with E-state index in [9.17, 15) is 4.79 Å². The van der Waals surface area contributed by atoms with Crippen molar-refractivity contribution in [2.75, 3.05) is 6.79 Å². The monoisotopic (exact) mass is 430 g/mol. The second-order valence-corrected chi connectivity index (χ2v) is 8.42. The zero-order valence-corrected chi connectivity index (χ0v) is 18.0. The Hall–Kier alpha value is -3.38. The van der Waals surface area contributed by atoms with Gasteiger partial charge in [0.2, 0.25) is 6.79 Å². The maximum Gasteiger partial charge on any atom is 0.260 e. The molecule has 0 aliphatic carbocycles. The van der Waals surface area contributed by atoms with Crippen molar-refractivity contribution < 1.29 is 14.3 Å². The normalized spacial score (nSPS) is 13.3. The van der Waals surface area contributed by atoms with E-state index >= 15 is 0 Å². The molecule has 0 spiro atoms. The Morgan fingerprint density at radius 1 is 1.00 bits per heavy atom. The number of fused-ring (bicyclic) bond motifs is 2. The van der Waals surface area contributed by atoms with E-state index in [1.165, 1.54) is 11.3 Å². The smallest absolute Gasteiger partial charge is 0.260 e. The quantitative estimate of drug-likeness (QED) is 0.443.